The van der Waals surface area contributed by atoms with Crippen LogP contribution in [-0.2, 0) is 0 Å². The van der Waals surface area contributed by atoms with Crippen molar-refractivity contribution in [2.45, 2.75) is 39.0 Å². The average molecular weight is 224 g/mol. The van der Waals surface area contributed by atoms with Crippen molar-refractivity contribution >= 4 is 11.3 Å². The Kier molecular flexibility index (Phi) is 3.67. The molecule has 1 aliphatic heterocycles. The normalized spacial score (nSPS) is 13.3. The van der Waals surface area contributed by atoms with E-state index in [-0.39, 0.29) is 0 Å². The summed E-state index contributed by atoms with van der Waals surface area (Å²) < 4.78 is 11.0. The third-order valence-electron chi connectivity index (χ3n) is 2.38. The molecule has 0 amide bonds. The lowest BCUT2D eigenvalue weighted by atomic mass is 10.1. The lowest BCUT2D eigenvalue weighted by Crippen LogP contribution is -1.93. The number of hydrogen-bond acceptors (Lipinski definition) is 3. The molecule has 0 unspecified atom stereocenters. The fourth-order valence-corrected chi connectivity index (χ4v) is 2.18. The van der Waals surface area contributed by atoms with Gasteiger partial charge in [0.25, 0.3) is 5.95 Å². The van der Waals surface area contributed by atoms with Crippen LogP contribution in [0.4, 0.5) is 0 Å². The zero-order valence-corrected chi connectivity index (χ0v) is 9.81. The highest BCUT2D eigenvalue weighted by Crippen LogP contribution is 2.39. The number of allylic oxidation sites excluding steroid dienone is 1. The molecule has 0 fully saturated rings. The second-order valence-corrected chi connectivity index (χ2v) is 4.42. The Labute approximate surface area is 94.5 Å². The minimum Gasteiger partial charge on any atom is -0.421 e. The second-order valence-electron chi connectivity index (χ2n) is 3.68. The minimum absolute atomic E-state index is 0.657. The quantitative estimate of drug-likeness (QED) is 0.693. The van der Waals surface area contributed by atoms with Gasteiger partial charge in [0.2, 0.25) is 0 Å². The first-order chi connectivity index (χ1) is 7.40. The summed E-state index contributed by atoms with van der Waals surface area (Å²) in [6.07, 6.45) is 8.19. The van der Waals surface area contributed by atoms with Gasteiger partial charge < -0.3 is 9.47 Å². The van der Waals surface area contributed by atoms with Gasteiger partial charge in [-0.15, -0.1) is 11.3 Å². The molecule has 1 aromatic rings. The fourth-order valence-electron chi connectivity index (χ4n) is 1.53. The van der Waals surface area contributed by atoms with E-state index in [2.05, 4.69) is 6.92 Å². The van der Waals surface area contributed by atoms with Crippen LogP contribution in [0.5, 0.6) is 11.5 Å². The topological polar surface area (TPSA) is 18.5 Å². The van der Waals surface area contributed by atoms with Gasteiger partial charge in [0.05, 0.1) is 0 Å². The molecule has 0 aliphatic carbocycles. The molecule has 0 bridgehead atoms. The van der Waals surface area contributed by atoms with Gasteiger partial charge in [0, 0.05) is 10.8 Å². The monoisotopic (exact) mass is 224 g/mol. The van der Waals surface area contributed by atoms with E-state index in [1.807, 2.05) is 16.8 Å². The molecule has 2 nitrogen and oxygen atoms in total. The van der Waals surface area contributed by atoms with Gasteiger partial charge in [-0.05, 0) is 18.9 Å². The Balaban J connectivity index is 1.73. The zero-order valence-electron chi connectivity index (χ0n) is 8.99. The molecular weight excluding hydrogens is 208 g/mol. The fraction of sp³-hybridized carbons (Fsp3) is 0.500. The van der Waals surface area contributed by atoms with Crippen LogP contribution in [0.3, 0.4) is 0 Å². The molecule has 3 heteroatoms. The summed E-state index contributed by atoms with van der Waals surface area (Å²) in [5.74, 6) is 2.38. The van der Waals surface area contributed by atoms with Crippen molar-refractivity contribution in [2.75, 3.05) is 0 Å². The van der Waals surface area contributed by atoms with Gasteiger partial charge in [-0.25, -0.2) is 0 Å². The number of thiophene rings is 1. The smallest absolute Gasteiger partial charge is 0.286 e. The van der Waals surface area contributed by atoms with E-state index in [1.54, 1.807) is 11.3 Å². The van der Waals surface area contributed by atoms with Crippen molar-refractivity contribution in [3.05, 3.63) is 22.8 Å². The zero-order chi connectivity index (χ0) is 10.5. The highest BCUT2D eigenvalue weighted by Gasteiger charge is 2.19. The lowest BCUT2D eigenvalue weighted by molar-refractivity contribution is 0.284. The van der Waals surface area contributed by atoms with Crippen LogP contribution in [0, 0.1) is 0 Å². The van der Waals surface area contributed by atoms with Crippen molar-refractivity contribution in [1.82, 2.24) is 0 Å². The standard InChI is InChI=1S/C12H16O2S/c1-2-3-4-5-6-7-12-13-10-8-15-9-11(10)14-12/h7-9H,2-6H2,1H3. The van der Waals surface area contributed by atoms with Crippen molar-refractivity contribution < 1.29 is 9.47 Å². The summed E-state index contributed by atoms with van der Waals surface area (Å²) in [6, 6.07) is 0. The second kappa shape index (κ2) is 5.21. The Morgan fingerprint density at radius 2 is 1.87 bits per heavy atom. The molecule has 15 heavy (non-hydrogen) atoms. The van der Waals surface area contributed by atoms with Crippen molar-refractivity contribution in [2.24, 2.45) is 0 Å². The van der Waals surface area contributed by atoms with Crippen LogP contribution in [0.2, 0.25) is 0 Å². The number of fused-ring (bicyclic) bond motifs is 1. The molecule has 0 spiro atoms. The number of ether oxygens (including phenoxy) is 2. The van der Waals surface area contributed by atoms with Crippen LogP contribution in [-0.4, -0.2) is 0 Å². The van der Waals surface area contributed by atoms with Gasteiger partial charge in [-0.3, -0.25) is 0 Å². The summed E-state index contributed by atoms with van der Waals surface area (Å²) in [5.41, 5.74) is 0. The van der Waals surface area contributed by atoms with Gasteiger partial charge in [-0.2, -0.15) is 0 Å². The molecule has 2 heterocycles. The van der Waals surface area contributed by atoms with Crippen molar-refractivity contribution in [3.63, 3.8) is 0 Å². The molecule has 0 saturated carbocycles. The summed E-state index contributed by atoms with van der Waals surface area (Å²) in [7, 11) is 0. The number of rotatable bonds is 5. The van der Waals surface area contributed by atoms with Crippen LogP contribution in [0.15, 0.2) is 22.8 Å². The predicted octanol–water partition coefficient (Wildman–Crippen LogP) is 4.33. The van der Waals surface area contributed by atoms with E-state index < -0.39 is 0 Å². The predicted molar refractivity (Wildman–Crippen MR) is 62.4 cm³/mol. The number of unbranched alkanes of at least 4 members (excludes halogenated alkanes) is 4. The highest BCUT2D eigenvalue weighted by molar-refractivity contribution is 7.08. The molecular formula is C12H16O2S. The van der Waals surface area contributed by atoms with E-state index in [4.69, 9.17) is 9.47 Å². The summed E-state index contributed by atoms with van der Waals surface area (Å²) >= 11 is 1.60. The van der Waals surface area contributed by atoms with Crippen LogP contribution < -0.4 is 9.47 Å². The van der Waals surface area contributed by atoms with Gasteiger partial charge in [0.1, 0.15) is 0 Å². The van der Waals surface area contributed by atoms with E-state index in [0.717, 1.165) is 17.9 Å². The Morgan fingerprint density at radius 3 is 2.53 bits per heavy atom. The Bertz CT molecular complexity index is 319. The largest absolute Gasteiger partial charge is 0.421 e. The van der Waals surface area contributed by atoms with Crippen LogP contribution >= 0.6 is 11.3 Å². The molecule has 1 aliphatic rings. The maximum Gasteiger partial charge on any atom is 0.286 e. The summed E-state index contributed by atoms with van der Waals surface area (Å²) in [4.78, 5) is 0. The van der Waals surface area contributed by atoms with Crippen molar-refractivity contribution in [1.29, 1.82) is 0 Å². The third-order valence-corrected chi connectivity index (χ3v) is 3.08. The molecule has 0 N–H and O–H groups in total. The maximum atomic E-state index is 5.50. The molecule has 0 radical (unpaired) electrons. The minimum atomic E-state index is 0.657. The number of hydrogen-bond donors (Lipinski definition) is 0. The van der Waals surface area contributed by atoms with Gasteiger partial charge in [-0.1, -0.05) is 26.2 Å². The molecule has 82 valence electrons. The average Bonchev–Trinajstić information content (AvgIpc) is 2.77. The Morgan fingerprint density at radius 1 is 1.13 bits per heavy atom. The van der Waals surface area contributed by atoms with Crippen LogP contribution in [0.25, 0.3) is 0 Å². The van der Waals surface area contributed by atoms with E-state index in [9.17, 15) is 0 Å². The first-order valence-electron chi connectivity index (χ1n) is 5.52. The summed E-state index contributed by atoms with van der Waals surface area (Å²) in [5, 5.41) is 3.93. The molecule has 0 aromatic carbocycles. The highest BCUT2D eigenvalue weighted by atomic mass is 32.1. The van der Waals surface area contributed by atoms with E-state index in [0.29, 0.717) is 5.95 Å². The summed E-state index contributed by atoms with van der Waals surface area (Å²) in [6.45, 7) is 2.22. The maximum absolute atomic E-state index is 5.50. The van der Waals surface area contributed by atoms with E-state index >= 15 is 0 Å². The first kappa shape index (κ1) is 10.6. The van der Waals surface area contributed by atoms with Gasteiger partial charge in [0.15, 0.2) is 11.5 Å². The Hall–Kier alpha value is -0.960. The molecule has 1 aromatic heterocycles. The van der Waals surface area contributed by atoms with Crippen molar-refractivity contribution in [3.8, 4) is 11.5 Å². The van der Waals surface area contributed by atoms with E-state index in [1.165, 1.54) is 25.7 Å². The molecule has 0 saturated heterocycles. The molecule has 2 rings (SSSR count). The van der Waals surface area contributed by atoms with Crippen LogP contribution in [0.1, 0.15) is 39.0 Å². The first-order valence-corrected chi connectivity index (χ1v) is 6.46. The third kappa shape index (κ3) is 2.75. The molecule has 0 atom stereocenters. The van der Waals surface area contributed by atoms with Gasteiger partial charge >= 0.3 is 0 Å². The lowest BCUT2D eigenvalue weighted by Gasteiger charge is -1.98. The SMILES string of the molecule is CCCCCCC=C1Oc2cscc2O1.